The zero-order valence-electron chi connectivity index (χ0n) is 11.6. The third kappa shape index (κ3) is 3.47. The van der Waals surface area contributed by atoms with Gasteiger partial charge in [-0.15, -0.1) is 0 Å². The van der Waals surface area contributed by atoms with Gasteiger partial charge in [0.2, 0.25) is 5.91 Å². The van der Waals surface area contributed by atoms with E-state index in [1.165, 1.54) is 0 Å². The Morgan fingerprint density at radius 3 is 2.63 bits per heavy atom. The van der Waals surface area contributed by atoms with E-state index in [1.807, 2.05) is 45.0 Å². The highest BCUT2D eigenvalue weighted by molar-refractivity contribution is 6.08. The molecule has 5 nitrogen and oxygen atoms in total. The molecule has 1 atom stereocenters. The first kappa shape index (κ1) is 15.0. The molecule has 3 N–H and O–H groups in total. The second kappa shape index (κ2) is 6.78. The molecule has 19 heavy (non-hydrogen) atoms. The number of oxime groups is 1. The quantitative estimate of drug-likeness (QED) is 0.369. The first-order valence-corrected chi connectivity index (χ1v) is 6.40. The van der Waals surface area contributed by atoms with Crippen molar-refractivity contribution in [3.8, 4) is 0 Å². The maximum Gasteiger partial charge on any atom is 0.237 e. The van der Waals surface area contributed by atoms with E-state index in [0.29, 0.717) is 13.0 Å². The van der Waals surface area contributed by atoms with Gasteiger partial charge in [-0.1, -0.05) is 24.2 Å². The fourth-order valence-corrected chi connectivity index (χ4v) is 2.03. The molecule has 0 aliphatic carbocycles. The molecule has 0 aliphatic rings. The second-order valence-electron chi connectivity index (χ2n) is 4.41. The van der Waals surface area contributed by atoms with Gasteiger partial charge in [0.1, 0.15) is 0 Å². The first-order valence-electron chi connectivity index (χ1n) is 6.40. The van der Waals surface area contributed by atoms with Gasteiger partial charge in [0.05, 0.1) is 5.92 Å². The maximum atomic E-state index is 12.5. The zero-order chi connectivity index (χ0) is 14.4. The Hall–Kier alpha value is -2.04. The topological polar surface area (TPSA) is 78.9 Å². The van der Waals surface area contributed by atoms with Crippen molar-refractivity contribution in [2.75, 3.05) is 11.4 Å². The lowest BCUT2D eigenvalue weighted by Gasteiger charge is -2.25. The summed E-state index contributed by atoms with van der Waals surface area (Å²) >= 11 is 0. The fraction of sp³-hybridized carbons (Fsp3) is 0.429. The maximum absolute atomic E-state index is 12.5. The summed E-state index contributed by atoms with van der Waals surface area (Å²) in [5, 5.41) is 11.7. The number of nitrogens with two attached hydrogens (primary N) is 1. The van der Waals surface area contributed by atoms with Crippen LogP contribution in [0, 0.1) is 12.8 Å². The van der Waals surface area contributed by atoms with E-state index in [0.717, 1.165) is 11.3 Å². The highest BCUT2D eigenvalue weighted by Gasteiger charge is 2.26. The van der Waals surface area contributed by atoms with E-state index in [2.05, 4.69) is 5.16 Å². The monoisotopic (exact) mass is 263 g/mol. The van der Waals surface area contributed by atoms with Crippen molar-refractivity contribution in [2.24, 2.45) is 16.8 Å². The van der Waals surface area contributed by atoms with Crippen LogP contribution in [0.1, 0.15) is 25.8 Å². The van der Waals surface area contributed by atoms with Gasteiger partial charge in [0.15, 0.2) is 5.84 Å². The van der Waals surface area contributed by atoms with Crippen LogP contribution in [0.25, 0.3) is 0 Å². The summed E-state index contributed by atoms with van der Waals surface area (Å²) in [5.74, 6) is -0.782. The lowest BCUT2D eigenvalue weighted by Crippen LogP contribution is -2.41. The van der Waals surface area contributed by atoms with Gasteiger partial charge in [-0.05, 0) is 38.0 Å². The number of nitrogens with zero attached hydrogens (tertiary/aromatic N) is 2. The Balaban J connectivity index is 3.06. The number of amides is 1. The molecule has 0 spiro atoms. The van der Waals surface area contributed by atoms with Crippen molar-refractivity contribution in [1.82, 2.24) is 0 Å². The molecular formula is C14H21N3O2. The predicted octanol–water partition coefficient (Wildman–Crippen LogP) is 2.12. The molecule has 0 fully saturated rings. The number of benzene rings is 1. The van der Waals surface area contributed by atoms with Crippen LogP contribution in [-0.4, -0.2) is 23.5 Å². The number of aryl methyl sites for hydroxylation is 1. The molecule has 0 aliphatic heterocycles. The standard InChI is InChI=1S/C14H21N3O2/c1-4-12(13(15)16-19)14(18)17(5-2)11-8-6-7-10(3)9-11/h6-9,12,19H,4-5H2,1-3H3,(H2,15,16). The fourth-order valence-electron chi connectivity index (χ4n) is 2.03. The molecule has 0 heterocycles. The highest BCUT2D eigenvalue weighted by Crippen LogP contribution is 2.19. The molecule has 1 rings (SSSR count). The summed E-state index contributed by atoms with van der Waals surface area (Å²) in [4.78, 5) is 14.1. The van der Waals surface area contributed by atoms with Gasteiger partial charge < -0.3 is 15.8 Å². The van der Waals surface area contributed by atoms with Crippen molar-refractivity contribution in [1.29, 1.82) is 0 Å². The van der Waals surface area contributed by atoms with Crippen LogP contribution >= 0.6 is 0 Å². The van der Waals surface area contributed by atoms with E-state index in [4.69, 9.17) is 10.9 Å². The van der Waals surface area contributed by atoms with E-state index < -0.39 is 5.92 Å². The number of hydrogen-bond donors (Lipinski definition) is 2. The third-order valence-corrected chi connectivity index (χ3v) is 3.07. The average molecular weight is 263 g/mol. The molecule has 0 bridgehead atoms. The lowest BCUT2D eigenvalue weighted by atomic mass is 10.0. The van der Waals surface area contributed by atoms with E-state index in [-0.39, 0.29) is 11.7 Å². The van der Waals surface area contributed by atoms with Gasteiger partial charge in [-0.25, -0.2) is 0 Å². The number of carbonyl (C=O) groups is 1. The summed E-state index contributed by atoms with van der Waals surface area (Å²) in [5.41, 5.74) is 7.50. The van der Waals surface area contributed by atoms with Crippen molar-refractivity contribution in [3.63, 3.8) is 0 Å². The zero-order valence-corrected chi connectivity index (χ0v) is 11.6. The Labute approximate surface area is 113 Å². The molecule has 104 valence electrons. The van der Waals surface area contributed by atoms with E-state index in [9.17, 15) is 4.79 Å². The second-order valence-corrected chi connectivity index (χ2v) is 4.41. The molecule has 1 aromatic carbocycles. The van der Waals surface area contributed by atoms with Crippen LogP contribution in [-0.2, 0) is 4.79 Å². The van der Waals surface area contributed by atoms with Crippen LogP contribution in [0.15, 0.2) is 29.4 Å². The molecule has 1 amide bonds. The van der Waals surface area contributed by atoms with Crippen LogP contribution in [0.4, 0.5) is 5.69 Å². The summed E-state index contributed by atoms with van der Waals surface area (Å²) in [6, 6.07) is 7.71. The summed E-state index contributed by atoms with van der Waals surface area (Å²) in [6.45, 7) is 6.25. The summed E-state index contributed by atoms with van der Waals surface area (Å²) in [6.07, 6.45) is 0.497. The van der Waals surface area contributed by atoms with Crippen molar-refractivity contribution in [2.45, 2.75) is 27.2 Å². The number of rotatable bonds is 5. The highest BCUT2D eigenvalue weighted by atomic mass is 16.4. The van der Waals surface area contributed by atoms with Gasteiger partial charge >= 0.3 is 0 Å². The summed E-state index contributed by atoms with van der Waals surface area (Å²) < 4.78 is 0. The molecule has 5 heteroatoms. The molecule has 0 radical (unpaired) electrons. The van der Waals surface area contributed by atoms with Crippen molar-refractivity contribution >= 4 is 17.4 Å². The minimum absolute atomic E-state index is 0.0430. The summed E-state index contributed by atoms with van der Waals surface area (Å²) in [7, 11) is 0. The van der Waals surface area contributed by atoms with Gasteiger partial charge in [0, 0.05) is 12.2 Å². The Morgan fingerprint density at radius 1 is 1.47 bits per heavy atom. The number of hydrogen-bond acceptors (Lipinski definition) is 3. The third-order valence-electron chi connectivity index (χ3n) is 3.07. The smallest absolute Gasteiger partial charge is 0.237 e. The Kier molecular flexibility index (Phi) is 5.36. The van der Waals surface area contributed by atoms with E-state index >= 15 is 0 Å². The van der Waals surface area contributed by atoms with Crippen LogP contribution in [0.2, 0.25) is 0 Å². The van der Waals surface area contributed by atoms with Crippen LogP contribution in [0.3, 0.4) is 0 Å². The Morgan fingerprint density at radius 2 is 2.16 bits per heavy atom. The normalized spacial score (nSPS) is 13.1. The lowest BCUT2D eigenvalue weighted by molar-refractivity contribution is -0.120. The van der Waals surface area contributed by atoms with Gasteiger partial charge in [-0.3, -0.25) is 4.79 Å². The minimum atomic E-state index is -0.592. The molecular weight excluding hydrogens is 242 g/mol. The molecule has 1 aromatic rings. The molecule has 0 aromatic heterocycles. The number of amidine groups is 1. The number of anilines is 1. The minimum Gasteiger partial charge on any atom is -0.409 e. The van der Waals surface area contributed by atoms with Crippen LogP contribution in [0.5, 0.6) is 0 Å². The Bertz CT molecular complexity index is 472. The first-order chi connectivity index (χ1) is 9.04. The number of carbonyl (C=O) groups excluding carboxylic acids is 1. The predicted molar refractivity (Wildman–Crippen MR) is 76.4 cm³/mol. The average Bonchev–Trinajstić information content (AvgIpc) is 2.40. The van der Waals surface area contributed by atoms with Crippen molar-refractivity contribution < 1.29 is 10.0 Å². The van der Waals surface area contributed by atoms with Gasteiger partial charge in [0.25, 0.3) is 0 Å². The molecule has 0 saturated carbocycles. The molecule has 1 unspecified atom stereocenters. The van der Waals surface area contributed by atoms with Crippen molar-refractivity contribution in [3.05, 3.63) is 29.8 Å². The van der Waals surface area contributed by atoms with E-state index in [1.54, 1.807) is 4.90 Å². The largest absolute Gasteiger partial charge is 0.409 e. The SMILES string of the molecule is CCC(C(=O)N(CC)c1cccc(C)c1)C(N)=NO. The molecule has 0 saturated heterocycles. The van der Waals surface area contributed by atoms with Crippen LogP contribution < -0.4 is 10.6 Å². The van der Waals surface area contributed by atoms with Gasteiger partial charge in [-0.2, -0.15) is 0 Å².